The third-order valence-electron chi connectivity index (χ3n) is 1.18. The van der Waals surface area contributed by atoms with Crippen molar-refractivity contribution in [1.82, 2.24) is 0 Å². The summed E-state index contributed by atoms with van der Waals surface area (Å²) in [6, 6.07) is 0. The highest BCUT2D eigenvalue weighted by molar-refractivity contribution is 6.26. The predicted molar refractivity (Wildman–Crippen MR) is 37.1 cm³/mol. The van der Waals surface area contributed by atoms with E-state index in [0.717, 1.165) is 6.92 Å². The lowest BCUT2D eigenvalue weighted by Crippen LogP contribution is -2.47. The minimum absolute atomic E-state index is 0.738. The van der Waals surface area contributed by atoms with Crippen molar-refractivity contribution < 1.29 is 22.7 Å². The van der Waals surface area contributed by atoms with Crippen molar-refractivity contribution in [3.05, 3.63) is 0 Å². The van der Waals surface area contributed by atoms with Gasteiger partial charge in [-0.2, -0.15) is 8.78 Å². The van der Waals surface area contributed by atoms with Gasteiger partial charge in [-0.15, -0.1) is 0 Å². The van der Waals surface area contributed by atoms with E-state index < -0.39 is 22.8 Å². The van der Waals surface area contributed by atoms with Crippen molar-refractivity contribution in [3.63, 3.8) is 0 Å². The Labute approximate surface area is 76.3 Å². The summed E-state index contributed by atoms with van der Waals surface area (Å²) in [4.78, 5) is 0. The van der Waals surface area contributed by atoms with Gasteiger partial charge in [0.05, 0.1) is 0 Å². The molecule has 0 saturated carbocycles. The van der Waals surface area contributed by atoms with Gasteiger partial charge in [0.1, 0.15) is 6.10 Å². The minimum atomic E-state index is -4.44. The van der Waals surface area contributed by atoms with Crippen LogP contribution in [0.25, 0.3) is 0 Å². The lowest BCUT2D eigenvalue weighted by atomic mass is 10.1. The molecular weight excluding hydrogens is 223 g/mol. The number of alkyl halides is 6. The number of hydrogen-bond donors (Lipinski definition) is 1. The van der Waals surface area contributed by atoms with Crippen LogP contribution in [0.4, 0.5) is 17.6 Å². The molecule has 0 rings (SSSR count). The zero-order valence-electron chi connectivity index (χ0n) is 5.87. The molecule has 0 aromatic rings. The minimum Gasteiger partial charge on any atom is -0.389 e. The number of rotatable bonds is 3. The topological polar surface area (TPSA) is 20.2 Å². The van der Waals surface area contributed by atoms with E-state index in [-0.39, 0.29) is 0 Å². The number of halogens is 6. The molecular formula is C5H6Cl2F4O. The van der Waals surface area contributed by atoms with E-state index in [4.69, 9.17) is 5.11 Å². The molecule has 0 aliphatic carbocycles. The van der Waals surface area contributed by atoms with E-state index in [1.165, 1.54) is 0 Å². The lowest BCUT2D eigenvalue weighted by Gasteiger charge is -2.27. The van der Waals surface area contributed by atoms with Crippen LogP contribution in [0.5, 0.6) is 0 Å². The second-order valence-corrected chi connectivity index (χ2v) is 3.34. The van der Waals surface area contributed by atoms with E-state index in [0.29, 0.717) is 0 Å². The molecule has 0 amide bonds. The monoisotopic (exact) mass is 228 g/mol. The van der Waals surface area contributed by atoms with Gasteiger partial charge >= 0.3 is 5.38 Å². The van der Waals surface area contributed by atoms with Gasteiger partial charge in [0.15, 0.2) is 0 Å². The SMILES string of the molecule is CC(O)C(F)(Cl)C(F)C(F)(F)Cl. The van der Waals surface area contributed by atoms with E-state index >= 15 is 0 Å². The Bertz CT molecular complexity index is 156. The van der Waals surface area contributed by atoms with Crippen LogP contribution in [0.3, 0.4) is 0 Å². The molecule has 3 atom stereocenters. The molecule has 0 aromatic carbocycles. The summed E-state index contributed by atoms with van der Waals surface area (Å²) in [5.41, 5.74) is 0. The normalized spacial score (nSPS) is 23.0. The van der Waals surface area contributed by atoms with Crippen LogP contribution in [0.15, 0.2) is 0 Å². The van der Waals surface area contributed by atoms with Crippen LogP contribution in [-0.4, -0.2) is 27.9 Å². The summed E-state index contributed by atoms with van der Waals surface area (Å²) < 4.78 is 48.9. The Morgan fingerprint density at radius 3 is 1.67 bits per heavy atom. The van der Waals surface area contributed by atoms with Crippen LogP contribution in [0.2, 0.25) is 0 Å². The first-order valence-corrected chi connectivity index (χ1v) is 3.62. The van der Waals surface area contributed by atoms with Crippen molar-refractivity contribution in [2.75, 3.05) is 0 Å². The fourth-order valence-electron chi connectivity index (χ4n) is 0.430. The van der Waals surface area contributed by atoms with Crippen LogP contribution in [-0.2, 0) is 0 Å². The van der Waals surface area contributed by atoms with Gasteiger partial charge in [-0.05, 0) is 18.5 Å². The third kappa shape index (κ3) is 2.64. The van der Waals surface area contributed by atoms with Crippen molar-refractivity contribution in [3.8, 4) is 0 Å². The second kappa shape index (κ2) is 3.55. The van der Waals surface area contributed by atoms with Crippen molar-refractivity contribution in [2.24, 2.45) is 0 Å². The van der Waals surface area contributed by atoms with E-state index in [9.17, 15) is 17.6 Å². The Morgan fingerprint density at radius 2 is 1.58 bits per heavy atom. The molecule has 0 spiro atoms. The van der Waals surface area contributed by atoms with Crippen molar-refractivity contribution in [2.45, 2.75) is 29.7 Å². The molecule has 0 aliphatic heterocycles. The maximum absolute atomic E-state index is 12.7. The summed E-state index contributed by atoms with van der Waals surface area (Å²) in [7, 11) is 0. The van der Waals surface area contributed by atoms with Crippen LogP contribution in [0, 0.1) is 0 Å². The summed E-state index contributed by atoms with van der Waals surface area (Å²) in [5, 5.41) is 0.460. The van der Waals surface area contributed by atoms with E-state index in [1.807, 2.05) is 0 Å². The molecule has 12 heavy (non-hydrogen) atoms. The first kappa shape index (κ1) is 12.3. The molecule has 0 fully saturated rings. The van der Waals surface area contributed by atoms with Gasteiger partial charge < -0.3 is 5.11 Å². The molecule has 0 bridgehead atoms. The van der Waals surface area contributed by atoms with Crippen molar-refractivity contribution >= 4 is 23.2 Å². The van der Waals surface area contributed by atoms with E-state index in [2.05, 4.69) is 23.2 Å². The molecule has 0 saturated heterocycles. The van der Waals surface area contributed by atoms with Gasteiger partial charge in [-0.25, -0.2) is 8.78 Å². The second-order valence-electron chi connectivity index (χ2n) is 2.25. The van der Waals surface area contributed by atoms with Gasteiger partial charge in [0.2, 0.25) is 11.3 Å². The quantitative estimate of drug-likeness (QED) is 0.582. The van der Waals surface area contributed by atoms with Crippen LogP contribution in [0.1, 0.15) is 6.92 Å². The lowest BCUT2D eigenvalue weighted by molar-refractivity contribution is -0.0836. The highest BCUT2D eigenvalue weighted by Gasteiger charge is 2.55. The van der Waals surface area contributed by atoms with E-state index in [1.54, 1.807) is 0 Å². The highest BCUT2D eigenvalue weighted by Crippen LogP contribution is 2.39. The molecule has 0 aromatic heterocycles. The summed E-state index contributed by atoms with van der Waals surface area (Å²) >= 11 is 8.82. The van der Waals surface area contributed by atoms with Gasteiger partial charge in [0.25, 0.3) is 0 Å². The highest BCUT2D eigenvalue weighted by atomic mass is 35.5. The molecule has 1 N–H and O–H groups in total. The molecule has 3 unspecified atom stereocenters. The zero-order valence-corrected chi connectivity index (χ0v) is 7.38. The smallest absolute Gasteiger partial charge is 0.356 e. The van der Waals surface area contributed by atoms with Gasteiger partial charge in [-0.1, -0.05) is 11.6 Å². The molecule has 1 nitrogen and oxygen atoms in total. The zero-order chi connectivity index (χ0) is 10.2. The summed E-state index contributed by atoms with van der Waals surface area (Å²) in [6.07, 6.45) is -5.55. The van der Waals surface area contributed by atoms with Crippen LogP contribution >= 0.6 is 23.2 Å². The van der Waals surface area contributed by atoms with Gasteiger partial charge in [-0.3, -0.25) is 0 Å². The average Bonchev–Trinajstić information content (AvgIpc) is 1.83. The van der Waals surface area contributed by atoms with Crippen LogP contribution < -0.4 is 0 Å². The largest absolute Gasteiger partial charge is 0.389 e. The fourth-order valence-corrected chi connectivity index (χ4v) is 0.782. The first-order valence-electron chi connectivity index (χ1n) is 2.86. The Balaban J connectivity index is 4.57. The molecule has 0 aliphatic rings. The molecule has 74 valence electrons. The average molecular weight is 229 g/mol. The molecule has 0 radical (unpaired) electrons. The molecule has 7 heteroatoms. The number of aliphatic hydroxyl groups excluding tert-OH is 1. The standard InChI is InChI=1S/C5H6Cl2F4O/c1-2(12)4(6,9)3(8)5(7,10)11/h2-3,12H,1H3. The maximum Gasteiger partial charge on any atom is 0.356 e. The van der Waals surface area contributed by atoms with Gasteiger partial charge in [0, 0.05) is 0 Å². The Kier molecular flexibility index (Phi) is 3.63. The fraction of sp³-hybridized carbons (Fsp3) is 1.00. The molecule has 0 heterocycles. The summed E-state index contributed by atoms with van der Waals surface area (Å²) in [6.45, 7) is 0.738. The number of aliphatic hydroxyl groups is 1. The predicted octanol–water partition coefficient (Wildman–Crippen LogP) is 2.44. The third-order valence-corrected chi connectivity index (χ3v) is 1.88. The summed E-state index contributed by atoms with van der Waals surface area (Å²) in [5.74, 6) is 0. The number of hydrogen-bond acceptors (Lipinski definition) is 1. The first-order chi connectivity index (χ1) is 5.10. The Morgan fingerprint density at radius 1 is 1.25 bits per heavy atom. The maximum atomic E-state index is 12.7. The Hall–Kier alpha value is 0.260. The van der Waals surface area contributed by atoms with Crippen molar-refractivity contribution in [1.29, 1.82) is 0 Å².